The van der Waals surface area contributed by atoms with E-state index in [-0.39, 0.29) is 11.8 Å². The van der Waals surface area contributed by atoms with Gasteiger partial charge in [0.1, 0.15) is 0 Å². The van der Waals surface area contributed by atoms with Gasteiger partial charge in [-0.05, 0) is 30.4 Å². The molecule has 1 aromatic carbocycles. The summed E-state index contributed by atoms with van der Waals surface area (Å²) < 4.78 is 0. The van der Waals surface area contributed by atoms with Gasteiger partial charge in [0.05, 0.1) is 5.92 Å². The zero-order valence-corrected chi connectivity index (χ0v) is 7.49. The first kappa shape index (κ1) is 8.30. The van der Waals surface area contributed by atoms with Gasteiger partial charge in [0.2, 0.25) is 5.91 Å². The number of carbonyl (C=O) groups excluding carboxylic acids is 1. The van der Waals surface area contributed by atoms with Crippen LogP contribution in [0.3, 0.4) is 0 Å². The molecule has 0 radical (unpaired) electrons. The molecule has 13 heavy (non-hydrogen) atoms. The third-order valence-electron chi connectivity index (χ3n) is 2.71. The first-order valence-corrected chi connectivity index (χ1v) is 4.66. The van der Waals surface area contributed by atoms with Crippen LogP contribution in [0.1, 0.15) is 29.9 Å². The van der Waals surface area contributed by atoms with Crippen LogP contribution in [0.15, 0.2) is 24.3 Å². The normalized spacial score (nSPS) is 20.8. The molecule has 1 atom stereocenters. The maximum absolute atomic E-state index is 11.1. The van der Waals surface area contributed by atoms with E-state index in [1.807, 2.05) is 18.2 Å². The SMILES string of the molecule is NC(=O)[C@@H]1CCCc2ccccc21. The molecule has 1 amide bonds. The number of rotatable bonds is 1. The Bertz CT molecular complexity index is 333. The summed E-state index contributed by atoms with van der Waals surface area (Å²) in [5.41, 5.74) is 7.77. The molecule has 2 N–H and O–H groups in total. The maximum Gasteiger partial charge on any atom is 0.224 e. The highest BCUT2D eigenvalue weighted by Crippen LogP contribution is 2.30. The fourth-order valence-electron chi connectivity index (χ4n) is 2.05. The van der Waals surface area contributed by atoms with E-state index in [0.717, 1.165) is 24.8 Å². The third-order valence-corrected chi connectivity index (χ3v) is 2.71. The fraction of sp³-hybridized carbons (Fsp3) is 0.364. The van der Waals surface area contributed by atoms with Gasteiger partial charge >= 0.3 is 0 Å². The Hall–Kier alpha value is -1.31. The molecular formula is C11H13NO. The van der Waals surface area contributed by atoms with Gasteiger partial charge in [-0.2, -0.15) is 0 Å². The van der Waals surface area contributed by atoms with E-state index in [2.05, 4.69) is 6.07 Å². The molecule has 1 aliphatic rings. The van der Waals surface area contributed by atoms with Gasteiger partial charge in [0.15, 0.2) is 0 Å². The second kappa shape index (κ2) is 3.21. The molecule has 0 saturated carbocycles. The summed E-state index contributed by atoms with van der Waals surface area (Å²) in [6, 6.07) is 8.09. The van der Waals surface area contributed by atoms with Crippen molar-refractivity contribution in [1.29, 1.82) is 0 Å². The Morgan fingerprint density at radius 2 is 2.15 bits per heavy atom. The number of hydrogen-bond acceptors (Lipinski definition) is 1. The minimum atomic E-state index is -0.188. The van der Waals surface area contributed by atoms with Crippen molar-refractivity contribution in [1.82, 2.24) is 0 Å². The van der Waals surface area contributed by atoms with Crippen LogP contribution in [0.25, 0.3) is 0 Å². The molecule has 2 rings (SSSR count). The van der Waals surface area contributed by atoms with Crippen LogP contribution in [-0.2, 0) is 11.2 Å². The minimum Gasteiger partial charge on any atom is -0.369 e. The summed E-state index contributed by atoms with van der Waals surface area (Å²) in [6.07, 6.45) is 3.07. The van der Waals surface area contributed by atoms with Gasteiger partial charge < -0.3 is 5.73 Å². The van der Waals surface area contributed by atoms with Crippen LogP contribution in [0.5, 0.6) is 0 Å². The average Bonchev–Trinajstić information content (AvgIpc) is 2.17. The fourth-order valence-corrected chi connectivity index (χ4v) is 2.05. The first-order chi connectivity index (χ1) is 6.29. The van der Waals surface area contributed by atoms with E-state index < -0.39 is 0 Å². The second-order valence-electron chi connectivity index (χ2n) is 3.55. The molecular weight excluding hydrogens is 162 g/mol. The monoisotopic (exact) mass is 175 g/mol. The summed E-state index contributed by atoms with van der Waals surface area (Å²) in [5, 5.41) is 0. The molecule has 0 spiro atoms. The molecule has 0 heterocycles. The quantitative estimate of drug-likeness (QED) is 0.692. The Morgan fingerprint density at radius 3 is 2.92 bits per heavy atom. The first-order valence-electron chi connectivity index (χ1n) is 4.66. The van der Waals surface area contributed by atoms with Crippen LogP contribution >= 0.6 is 0 Å². The van der Waals surface area contributed by atoms with Crippen molar-refractivity contribution in [3.8, 4) is 0 Å². The number of fused-ring (bicyclic) bond motifs is 1. The Balaban J connectivity index is 2.42. The highest BCUT2D eigenvalue weighted by molar-refractivity contribution is 5.82. The zero-order valence-electron chi connectivity index (χ0n) is 7.49. The summed E-state index contributed by atoms with van der Waals surface area (Å²) in [7, 11) is 0. The average molecular weight is 175 g/mol. The third kappa shape index (κ3) is 1.44. The van der Waals surface area contributed by atoms with Crippen LogP contribution in [-0.4, -0.2) is 5.91 Å². The van der Waals surface area contributed by atoms with Crippen LogP contribution in [0.2, 0.25) is 0 Å². The van der Waals surface area contributed by atoms with Crippen LogP contribution < -0.4 is 5.73 Å². The smallest absolute Gasteiger partial charge is 0.224 e. The lowest BCUT2D eigenvalue weighted by Crippen LogP contribution is -2.24. The van der Waals surface area contributed by atoms with Crippen LogP contribution in [0.4, 0.5) is 0 Å². The topological polar surface area (TPSA) is 43.1 Å². The number of benzene rings is 1. The summed E-state index contributed by atoms with van der Waals surface area (Å²) in [4.78, 5) is 11.1. The molecule has 0 fully saturated rings. The highest BCUT2D eigenvalue weighted by atomic mass is 16.1. The second-order valence-corrected chi connectivity index (χ2v) is 3.55. The van der Waals surface area contributed by atoms with E-state index in [1.54, 1.807) is 0 Å². The van der Waals surface area contributed by atoms with Crippen molar-refractivity contribution in [3.63, 3.8) is 0 Å². The highest BCUT2D eigenvalue weighted by Gasteiger charge is 2.23. The number of nitrogens with two attached hydrogens (primary N) is 1. The van der Waals surface area contributed by atoms with Crippen molar-refractivity contribution in [2.75, 3.05) is 0 Å². The predicted octanol–water partition coefficient (Wildman–Crippen LogP) is 1.59. The molecule has 2 nitrogen and oxygen atoms in total. The van der Waals surface area contributed by atoms with Crippen molar-refractivity contribution in [2.24, 2.45) is 5.73 Å². The van der Waals surface area contributed by atoms with Gasteiger partial charge in [0, 0.05) is 0 Å². The molecule has 68 valence electrons. The van der Waals surface area contributed by atoms with E-state index in [0.29, 0.717) is 0 Å². The van der Waals surface area contributed by atoms with Crippen molar-refractivity contribution < 1.29 is 4.79 Å². The zero-order chi connectivity index (χ0) is 9.26. The molecule has 1 aromatic rings. The largest absolute Gasteiger partial charge is 0.369 e. The molecule has 0 aliphatic heterocycles. The minimum absolute atomic E-state index is 0.0510. The molecule has 0 aromatic heterocycles. The molecule has 0 saturated heterocycles. The van der Waals surface area contributed by atoms with Gasteiger partial charge in [0.25, 0.3) is 0 Å². The molecule has 1 aliphatic carbocycles. The molecule has 0 bridgehead atoms. The van der Waals surface area contributed by atoms with E-state index in [9.17, 15) is 4.79 Å². The van der Waals surface area contributed by atoms with Gasteiger partial charge in [-0.3, -0.25) is 4.79 Å². The lowest BCUT2D eigenvalue weighted by atomic mass is 9.82. The van der Waals surface area contributed by atoms with Gasteiger partial charge in [-0.15, -0.1) is 0 Å². The number of aryl methyl sites for hydroxylation is 1. The Kier molecular flexibility index (Phi) is 2.05. The van der Waals surface area contributed by atoms with Gasteiger partial charge in [-0.25, -0.2) is 0 Å². The Morgan fingerprint density at radius 1 is 1.38 bits per heavy atom. The lowest BCUT2D eigenvalue weighted by molar-refractivity contribution is -0.119. The summed E-state index contributed by atoms with van der Waals surface area (Å²) in [6.45, 7) is 0. The number of hydrogen-bond donors (Lipinski definition) is 1. The van der Waals surface area contributed by atoms with E-state index in [4.69, 9.17) is 5.73 Å². The van der Waals surface area contributed by atoms with Gasteiger partial charge in [-0.1, -0.05) is 24.3 Å². The maximum atomic E-state index is 11.1. The molecule has 2 heteroatoms. The van der Waals surface area contributed by atoms with Crippen molar-refractivity contribution in [3.05, 3.63) is 35.4 Å². The Labute approximate surface area is 77.8 Å². The molecule has 0 unspecified atom stereocenters. The van der Waals surface area contributed by atoms with E-state index in [1.165, 1.54) is 5.56 Å². The van der Waals surface area contributed by atoms with Crippen LogP contribution in [0, 0.1) is 0 Å². The van der Waals surface area contributed by atoms with Crippen molar-refractivity contribution in [2.45, 2.75) is 25.2 Å². The van der Waals surface area contributed by atoms with Crippen molar-refractivity contribution >= 4 is 5.91 Å². The number of amides is 1. The number of carbonyl (C=O) groups is 1. The van der Waals surface area contributed by atoms with E-state index >= 15 is 0 Å². The standard InChI is InChI=1S/C11H13NO/c12-11(13)10-7-3-5-8-4-1-2-6-9(8)10/h1-2,4,6,10H,3,5,7H2,(H2,12,13)/t10-/m1/s1. The summed E-state index contributed by atoms with van der Waals surface area (Å²) >= 11 is 0. The lowest BCUT2D eigenvalue weighted by Gasteiger charge is -2.22. The predicted molar refractivity (Wildman–Crippen MR) is 51.3 cm³/mol. The number of primary amides is 1. The summed E-state index contributed by atoms with van der Waals surface area (Å²) in [5.74, 6) is -0.239.